The highest BCUT2D eigenvalue weighted by molar-refractivity contribution is 7.89. The number of hydrogen-bond donors (Lipinski definition) is 3. The number of hydrogen-bond acceptors (Lipinski definition) is 6. The summed E-state index contributed by atoms with van der Waals surface area (Å²) >= 11 is 0. The molecule has 26 heavy (non-hydrogen) atoms. The number of carboxylic acids is 1. The Kier molecular flexibility index (Phi) is 5.78. The molecule has 0 bridgehead atoms. The Balaban J connectivity index is 2.15. The highest BCUT2D eigenvalue weighted by Gasteiger charge is 2.30. The highest BCUT2D eigenvalue weighted by atomic mass is 32.2. The lowest BCUT2D eigenvalue weighted by Crippen LogP contribution is -2.47. The van der Waals surface area contributed by atoms with E-state index in [4.69, 9.17) is 4.52 Å². The van der Waals surface area contributed by atoms with Crippen molar-refractivity contribution < 1.29 is 27.6 Å². The van der Waals surface area contributed by atoms with Crippen LogP contribution in [0.4, 0.5) is 0 Å². The molecule has 0 saturated carbocycles. The predicted octanol–water partition coefficient (Wildman–Crippen LogP) is 0.900. The molecule has 2 aromatic rings. The van der Waals surface area contributed by atoms with E-state index in [0.29, 0.717) is 5.56 Å². The predicted molar refractivity (Wildman–Crippen MR) is 90.7 cm³/mol. The van der Waals surface area contributed by atoms with Crippen molar-refractivity contribution in [2.45, 2.75) is 37.8 Å². The fraction of sp³-hybridized carbons (Fsp3) is 0.312. The first-order chi connectivity index (χ1) is 12.1. The number of amides is 1. The van der Waals surface area contributed by atoms with E-state index in [-0.39, 0.29) is 16.3 Å². The molecule has 1 amide bonds. The maximum atomic E-state index is 12.4. The monoisotopic (exact) mass is 381 g/mol. The summed E-state index contributed by atoms with van der Waals surface area (Å²) in [6.45, 7) is 4.22. The van der Waals surface area contributed by atoms with Gasteiger partial charge in [-0.1, -0.05) is 35.5 Å². The van der Waals surface area contributed by atoms with Crippen molar-refractivity contribution in [1.82, 2.24) is 15.2 Å². The van der Waals surface area contributed by atoms with Crippen LogP contribution in [0.15, 0.2) is 39.8 Å². The van der Waals surface area contributed by atoms with E-state index in [9.17, 15) is 23.1 Å². The summed E-state index contributed by atoms with van der Waals surface area (Å²) in [5.74, 6) is -1.95. The van der Waals surface area contributed by atoms with Gasteiger partial charge in [-0.3, -0.25) is 4.79 Å². The van der Waals surface area contributed by atoms with E-state index < -0.39 is 34.0 Å². The topological polar surface area (TPSA) is 139 Å². The van der Waals surface area contributed by atoms with Crippen molar-refractivity contribution in [2.75, 3.05) is 0 Å². The van der Waals surface area contributed by atoms with Crippen molar-refractivity contribution in [3.8, 4) is 0 Å². The maximum Gasteiger partial charge on any atom is 0.330 e. The number of benzene rings is 1. The summed E-state index contributed by atoms with van der Waals surface area (Å²) in [6.07, 6.45) is 0. The minimum absolute atomic E-state index is 0.0929. The molecule has 140 valence electrons. The number of aromatic nitrogens is 1. The van der Waals surface area contributed by atoms with Gasteiger partial charge in [-0.25, -0.2) is 13.2 Å². The third kappa shape index (κ3) is 4.27. The lowest BCUT2D eigenvalue weighted by Gasteiger charge is -2.19. The molecule has 0 aliphatic heterocycles. The average Bonchev–Trinajstić information content (AvgIpc) is 2.91. The number of nitrogens with one attached hydrogen (secondary N) is 2. The number of sulfonamides is 1. The van der Waals surface area contributed by atoms with Crippen molar-refractivity contribution >= 4 is 21.9 Å². The third-order valence-corrected chi connectivity index (χ3v) is 5.41. The summed E-state index contributed by atoms with van der Waals surface area (Å²) in [4.78, 5) is 23.6. The van der Waals surface area contributed by atoms with Crippen LogP contribution in [-0.4, -0.2) is 36.6 Å². The summed E-state index contributed by atoms with van der Waals surface area (Å²) < 4.78 is 31.9. The number of carbonyl (C=O) groups is 2. The van der Waals surface area contributed by atoms with Gasteiger partial charge in [0.05, 0.1) is 6.04 Å². The van der Waals surface area contributed by atoms with Crippen LogP contribution in [0.5, 0.6) is 0 Å². The minimum Gasteiger partial charge on any atom is -0.479 e. The quantitative estimate of drug-likeness (QED) is 0.647. The van der Waals surface area contributed by atoms with Crippen molar-refractivity contribution in [3.05, 3.63) is 47.3 Å². The molecule has 2 atom stereocenters. The van der Waals surface area contributed by atoms with E-state index in [0.717, 1.165) is 0 Å². The smallest absolute Gasteiger partial charge is 0.330 e. The second-order valence-electron chi connectivity index (χ2n) is 5.69. The summed E-state index contributed by atoms with van der Waals surface area (Å²) in [6, 6.07) is 5.59. The molecular formula is C16H19N3O6S. The van der Waals surface area contributed by atoms with E-state index >= 15 is 0 Å². The normalized spacial score (nSPS) is 13.8. The van der Waals surface area contributed by atoms with Crippen LogP contribution in [0, 0.1) is 13.8 Å². The fourth-order valence-corrected chi connectivity index (χ4v) is 3.94. The second kappa shape index (κ2) is 7.67. The molecule has 9 nitrogen and oxygen atoms in total. The van der Waals surface area contributed by atoms with Gasteiger partial charge in [-0.15, -0.1) is 0 Å². The molecule has 2 rings (SSSR count). The van der Waals surface area contributed by atoms with Gasteiger partial charge in [0.25, 0.3) is 0 Å². The van der Waals surface area contributed by atoms with Crippen LogP contribution in [0.25, 0.3) is 0 Å². The number of nitrogens with zero attached hydrogens (tertiary/aromatic N) is 1. The third-order valence-electron chi connectivity index (χ3n) is 3.63. The van der Waals surface area contributed by atoms with E-state index in [1.165, 1.54) is 20.8 Å². The van der Waals surface area contributed by atoms with Gasteiger partial charge >= 0.3 is 5.97 Å². The molecule has 0 radical (unpaired) electrons. The summed E-state index contributed by atoms with van der Waals surface area (Å²) in [5, 5.41) is 15.2. The zero-order valence-electron chi connectivity index (χ0n) is 14.4. The van der Waals surface area contributed by atoms with E-state index in [1.807, 2.05) is 0 Å². The zero-order valence-corrected chi connectivity index (χ0v) is 15.2. The van der Waals surface area contributed by atoms with Gasteiger partial charge in [0.2, 0.25) is 15.9 Å². The Morgan fingerprint density at radius 1 is 1.19 bits per heavy atom. The first-order valence-electron chi connectivity index (χ1n) is 7.67. The summed E-state index contributed by atoms with van der Waals surface area (Å²) in [7, 11) is -4.06. The largest absolute Gasteiger partial charge is 0.479 e. The summed E-state index contributed by atoms with van der Waals surface area (Å²) in [5.41, 5.74) is 0.532. The fourth-order valence-electron chi connectivity index (χ4n) is 2.40. The molecule has 1 aromatic heterocycles. The molecule has 0 spiro atoms. The number of aliphatic carboxylic acids is 1. The lowest BCUT2D eigenvalue weighted by molar-refractivity contribution is -0.142. The number of aryl methyl sites for hydroxylation is 2. The number of rotatable bonds is 7. The van der Waals surface area contributed by atoms with Crippen LogP contribution in [0.3, 0.4) is 0 Å². The Morgan fingerprint density at radius 3 is 2.31 bits per heavy atom. The first kappa shape index (κ1) is 19.6. The standard InChI is InChI=1S/C16H19N3O6S/c1-9-14(11(3)25-18-9)26(23,24)19-10(2)15(20)17-13(16(21)22)12-7-5-4-6-8-12/h4-8,10,13,19H,1-3H3,(H,17,20)(H,21,22). The van der Waals surface area contributed by atoms with Gasteiger partial charge in [0.15, 0.2) is 11.8 Å². The molecule has 0 aliphatic carbocycles. The molecule has 10 heteroatoms. The molecule has 0 saturated heterocycles. The first-order valence-corrected chi connectivity index (χ1v) is 9.15. The van der Waals surface area contributed by atoms with Gasteiger partial charge in [-0.2, -0.15) is 4.72 Å². The molecule has 1 heterocycles. The maximum absolute atomic E-state index is 12.4. The molecule has 2 unspecified atom stereocenters. The number of carbonyl (C=O) groups excluding carboxylic acids is 1. The van der Waals surface area contributed by atoms with Crippen LogP contribution in [0.2, 0.25) is 0 Å². The van der Waals surface area contributed by atoms with Crippen molar-refractivity contribution in [1.29, 1.82) is 0 Å². The van der Waals surface area contributed by atoms with Gasteiger partial charge in [0.1, 0.15) is 10.6 Å². The Labute approximate surface area is 150 Å². The Hall–Kier alpha value is -2.72. The molecule has 1 aromatic carbocycles. The number of carboxylic acid groups (broad SMARTS) is 1. The van der Waals surface area contributed by atoms with Gasteiger partial charge < -0.3 is 14.9 Å². The van der Waals surface area contributed by atoms with Crippen LogP contribution < -0.4 is 10.0 Å². The van der Waals surface area contributed by atoms with Crippen molar-refractivity contribution in [2.24, 2.45) is 0 Å². The Morgan fingerprint density at radius 2 is 1.81 bits per heavy atom. The highest BCUT2D eigenvalue weighted by Crippen LogP contribution is 2.19. The van der Waals surface area contributed by atoms with Gasteiger partial charge in [-0.05, 0) is 26.3 Å². The van der Waals surface area contributed by atoms with Crippen LogP contribution in [-0.2, 0) is 19.6 Å². The molecule has 3 N–H and O–H groups in total. The van der Waals surface area contributed by atoms with Crippen LogP contribution in [0.1, 0.15) is 30.0 Å². The molecule has 0 fully saturated rings. The lowest BCUT2D eigenvalue weighted by atomic mass is 10.1. The SMILES string of the molecule is Cc1noc(C)c1S(=O)(=O)NC(C)C(=O)NC(C(=O)O)c1ccccc1. The molecule has 0 aliphatic rings. The van der Waals surface area contributed by atoms with E-state index in [2.05, 4.69) is 15.2 Å². The average molecular weight is 381 g/mol. The zero-order chi connectivity index (χ0) is 19.5. The second-order valence-corrected chi connectivity index (χ2v) is 7.34. The van der Waals surface area contributed by atoms with Crippen molar-refractivity contribution in [3.63, 3.8) is 0 Å². The minimum atomic E-state index is -4.06. The van der Waals surface area contributed by atoms with Crippen LogP contribution >= 0.6 is 0 Å². The van der Waals surface area contributed by atoms with Gasteiger partial charge in [0, 0.05) is 0 Å². The van der Waals surface area contributed by atoms with E-state index in [1.54, 1.807) is 30.3 Å². The molecular weight excluding hydrogens is 362 g/mol. The Bertz CT molecular complexity index is 888.